The number of hydrogen-bond donors (Lipinski definition) is 2. The second-order valence-corrected chi connectivity index (χ2v) is 5.48. The third kappa shape index (κ3) is 3.49. The van der Waals surface area contributed by atoms with Gasteiger partial charge in [0.25, 0.3) is 5.91 Å². The van der Waals surface area contributed by atoms with Gasteiger partial charge in [-0.25, -0.2) is 0 Å². The van der Waals surface area contributed by atoms with Crippen molar-refractivity contribution in [2.75, 3.05) is 10.6 Å². The van der Waals surface area contributed by atoms with Gasteiger partial charge >= 0.3 is 0 Å². The first kappa shape index (κ1) is 14.3. The SMILES string of the molecule is Cc1ccc(C(=O)Nc2ccc(NC(=O)C3CC3)cc2)cn1. The number of amides is 2. The Morgan fingerprint density at radius 1 is 1.00 bits per heavy atom. The van der Waals surface area contributed by atoms with E-state index in [2.05, 4.69) is 15.6 Å². The zero-order valence-electron chi connectivity index (χ0n) is 12.3. The van der Waals surface area contributed by atoms with E-state index in [-0.39, 0.29) is 17.7 Å². The third-order valence-corrected chi connectivity index (χ3v) is 3.53. The molecule has 1 aliphatic carbocycles. The van der Waals surface area contributed by atoms with Crippen molar-refractivity contribution in [3.63, 3.8) is 0 Å². The highest BCUT2D eigenvalue weighted by atomic mass is 16.2. The molecule has 1 aliphatic rings. The predicted molar refractivity (Wildman–Crippen MR) is 84.7 cm³/mol. The van der Waals surface area contributed by atoms with Crippen LogP contribution in [0.25, 0.3) is 0 Å². The van der Waals surface area contributed by atoms with Crippen molar-refractivity contribution in [3.05, 3.63) is 53.9 Å². The quantitative estimate of drug-likeness (QED) is 0.911. The van der Waals surface area contributed by atoms with E-state index in [1.54, 1.807) is 42.6 Å². The van der Waals surface area contributed by atoms with E-state index in [1.807, 2.05) is 6.92 Å². The molecule has 0 spiro atoms. The number of carbonyl (C=O) groups excluding carboxylic acids is 2. The molecule has 1 saturated carbocycles. The molecule has 0 saturated heterocycles. The Morgan fingerprint density at radius 2 is 1.64 bits per heavy atom. The fraction of sp³-hybridized carbons (Fsp3) is 0.235. The third-order valence-electron chi connectivity index (χ3n) is 3.53. The van der Waals surface area contributed by atoms with Crippen LogP contribution in [-0.4, -0.2) is 16.8 Å². The lowest BCUT2D eigenvalue weighted by molar-refractivity contribution is -0.117. The van der Waals surface area contributed by atoms with Crippen molar-refractivity contribution in [1.82, 2.24) is 4.98 Å². The molecule has 0 atom stereocenters. The Hall–Kier alpha value is -2.69. The molecule has 5 heteroatoms. The molecule has 0 unspecified atom stereocenters. The van der Waals surface area contributed by atoms with E-state index in [0.717, 1.165) is 24.2 Å². The van der Waals surface area contributed by atoms with Crippen molar-refractivity contribution in [3.8, 4) is 0 Å². The molecule has 1 heterocycles. The molecule has 1 aromatic carbocycles. The summed E-state index contributed by atoms with van der Waals surface area (Å²) in [5.74, 6) is 0.0400. The minimum atomic E-state index is -0.206. The number of hydrogen-bond acceptors (Lipinski definition) is 3. The predicted octanol–water partition coefficient (Wildman–Crippen LogP) is 2.99. The van der Waals surface area contributed by atoms with E-state index in [1.165, 1.54) is 0 Å². The number of pyridine rings is 1. The Kier molecular flexibility index (Phi) is 3.87. The second kappa shape index (κ2) is 5.97. The van der Waals surface area contributed by atoms with Crippen LogP contribution in [-0.2, 0) is 4.79 Å². The monoisotopic (exact) mass is 295 g/mol. The minimum Gasteiger partial charge on any atom is -0.326 e. The van der Waals surface area contributed by atoms with Crippen molar-refractivity contribution in [2.45, 2.75) is 19.8 Å². The highest BCUT2D eigenvalue weighted by molar-refractivity contribution is 6.04. The van der Waals surface area contributed by atoms with E-state index in [9.17, 15) is 9.59 Å². The van der Waals surface area contributed by atoms with Crippen LogP contribution in [0.2, 0.25) is 0 Å². The summed E-state index contributed by atoms with van der Waals surface area (Å²) in [6.07, 6.45) is 3.50. The van der Waals surface area contributed by atoms with E-state index < -0.39 is 0 Å². The fourth-order valence-corrected chi connectivity index (χ4v) is 2.03. The number of aryl methyl sites for hydroxylation is 1. The van der Waals surface area contributed by atoms with Crippen LogP contribution in [0.5, 0.6) is 0 Å². The van der Waals surface area contributed by atoms with Crippen LogP contribution >= 0.6 is 0 Å². The largest absolute Gasteiger partial charge is 0.326 e. The molecule has 3 rings (SSSR count). The Morgan fingerprint density at radius 3 is 2.18 bits per heavy atom. The molecule has 112 valence electrons. The van der Waals surface area contributed by atoms with Gasteiger partial charge in [-0.1, -0.05) is 0 Å². The molecule has 22 heavy (non-hydrogen) atoms. The number of aromatic nitrogens is 1. The van der Waals surface area contributed by atoms with Crippen LogP contribution in [0.3, 0.4) is 0 Å². The summed E-state index contributed by atoms with van der Waals surface area (Å²) in [6.45, 7) is 1.87. The van der Waals surface area contributed by atoms with Crippen molar-refractivity contribution >= 4 is 23.2 Å². The summed E-state index contributed by atoms with van der Waals surface area (Å²) in [6, 6.07) is 10.6. The van der Waals surface area contributed by atoms with Crippen molar-refractivity contribution in [2.24, 2.45) is 5.92 Å². The topological polar surface area (TPSA) is 71.1 Å². The maximum Gasteiger partial charge on any atom is 0.257 e. The summed E-state index contributed by atoms with van der Waals surface area (Å²) < 4.78 is 0. The van der Waals surface area contributed by atoms with Crippen LogP contribution in [0, 0.1) is 12.8 Å². The van der Waals surface area contributed by atoms with Crippen LogP contribution < -0.4 is 10.6 Å². The summed E-state index contributed by atoms with van der Waals surface area (Å²) in [4.78, 5) is 27.8. The van der Waals surface area contributed by atoms with Crippen LogP contribution in [0.1, 0.15) is 28.9 Å². The highest BCUT2D eigenvalue weighted by Crippen LogP contribution is 2.30. The second-order valence-electron chi connectivity index (χ2n) is 5.48. The van der Waals surface area contributed by atoms with Gasteiger partial charge in [-0.15, -0.1) is 0 Å². The lowest BCUT2D eigenvalue weighted by Crippen LogP contribution is -2.14. The number of carbonyl (C=O) groups is 2. The molecule has 5 nitrogen and oxygen atoms in total. The maximum atomic E-state index is 12.1. The van der Waals surface area contributed by atoms with Gasteiger partial charge in [0.2, 0.25) is 5.91 Å². The van der Waals surface area contributed by atoms with Gasteiger partial charge in [0, 0.05) is 29.2 Å². The van der Waals surface area contributed by atoms with E-state index in [4.69, 9.17) is 0 Å². The summed E-state index contributed by atoms with van der Waals surface area (Å²) in [5.41, 5.74) is 2.80. The Labute approximate surface area is 128 Å². The van der Waals surface area contributed by atoms with Gasteiger partial charge in [0.05, 0.1) is 5.56 Å². The average molecular weight is 295 g/mol. The molecule has 2 N–H and O–H groups in total. The molecule has 2 amide bonds. The number of anilines is 2. The lowest BCUT2D eigenvalue weighted by Gasteiger charge is -2.07. The summed E-state index contributed by atoms with van der Waals surface area (Å²) in [5, 5.41) is 5.66. The Balaban J connectivity index is 1.61. The molecular weight excluding hydrogens is 278 g/mol. The molecule has 1 fully saturated rings. The minimum absolute atomic E-state index is 0.0718. The molecule has 2 aromatic rings. The standard InChI is InChI=1S/C17H17N3O2/c1-11-2-3-13(10-18-11)17(22)20-15-8-6-14(7-9-15)19-16(21)12-4-5-12/h2-3,6-10,12H,4-5H2,1H3,(H,19,21)(H,20,22). The summed E-state index contributed by atoms with van der Waals surface area (Å²) >= 11 is 0. The number of benzene rings is 1. The zero-order valence-corrected chi connectivity index (χ0v) is 12.3. The van der Waals surface area contributed by atoms with Crippen molar-refractivity contribution in [1.29, 1.82) is 0 Å². The fourth-order valence-electron chi connectivity index (χ4n) is 2.03. The zero-order chi connectivity index (χ0) is 15.5. The van der Waals surface area contributed by atoms with E-state index >= 15 is 0 Å². The number of nitrogens with one attached hydrogen (secondary N) is 2. The first-order valence-corrected chi connectivity index (χ1v) is 7.27. The number of nitrogens with zero attached hydrogens (tertiary/aromatic N) is 1. The normalized spacial score (nSPS) is 13.5. The van der Waals surface area contributed by atoms with Gasteiger partial charge < -0.3 is 10.6 Å². The smallest absolute Gasteiger partial charge is 0.257 e. The molecule has 0 radical (unpaired) electrons. The van der Waals surface area contributed by atoms with Crippen molar-refractivity contribution < 1.29 is 9.59 Å². The highest BCUT2D eigenvalue weighted by Gasteiger charge is 2.29. The van der Waals surface area contributed by atoms with Gasteiger partial charge in [0.15, 0.2) is 0 Å². The number of rotatable bonds is 4. The van der Waals surface area contributed by atoms with Crippen LogP contribution in [0.15, 0.2) is 42.6 Å². The van der Waals surface area contributed by atoms with Gasteiger partial charge in [-0.3, -0.25) is 14.6 Å². The van der Waals surface area contributed by atoms with Gasteiger partial charge in [0.1, 0.15) is 0 Å². The van der Waals surface area contributed by atoms with Gasteiger partial charge in [-0.05, 0) is 56.2 Å². The lowest BCUT2D eigenvalue weighted by atomic mass is 10.2. The molecule has 1 aromatic heterocycles. The molecular formula is C17H17N3O2. The average Bonchev–Trinajstić information content (AvgIpc) is 3.34. The molecule has 0 bridgehead atoms. The first-order chi connectivity index (χ1) is 10.6. The maximum absolute atomic E-state index is 12.1. The van der Waals surface area contributed by atoms with Gasteiger partial charge in [-0.2, -0.15) is 0 Å². The van der Waals surface area contributed by atoms with E-state index in [0.29, 0.717) is 11.3 Å². The molecule has 0 aliphatic heterocycles. The first-order valence-electron chi connectivity index (χ1n) is 7.27. The summed E-state index contributed by atoms with van der Waals surface area (Å²) in [7, 11) is 0. The Bertz CT molecular complexity index is 689. The van der Waals surface area contributed by atoms with Crippen LogP contribution in [0.4, 0.5) is 11.4 Å².